The number of nitrogens with one attached hydrogen (secondary N) is 1. The van der Waals surface area contributed by atoms with Crippen molar-refractivity contribution in [3.8, 4) is 0 Å². The van der Waals surface area contributed by atoms with Crippen LogP contribution in [0.4, 0.5) is 0 Å². The van der Waals surface area contributed by atoms with Gasteiger partial charge in [-0.1, -0.05) is 38.1 Å². The Labute approximate surface area is 205 Å². The van der Waals surface area contributed by atoms with Gasteiger partial charge in [-0.3, -0.25) is 14.7 Å². The number of aliphatic imine (C=N–C) groups is 1. The Morgan fingerprint density at radius 2 is 1.77 bits per heavy atom. The lowest BCUT2D eigenvalue weighted by Crippen LogP contribution is -2.46. The van der Waals surface area contributed by atoms with Gasteiger partial charge in [0, 0.05) is 52.7 Å². The number of halogens is 1. The van der Waals surface area contributed by atoms with Crippen molar-refractivity contribution in [2.24, 2.45) is 28.5 Å². The molecule has 0 radical (unpaired) electrons. The van der Waals surface area contributed by atoms with E-state index in [0.717, 1.165) is 56.8 Å². The molecule has 2 aliphatic heterocycles. The quantitative estimate of drug-likeness (QED) is 0.329. The van der Waals surface area contributed by atoms with Crippen LogP contribution >= 0.6 is 24.0 Å². The molecule has 1 amide bonds. The van der Waals surface area contributed by atoms with Gasteiger partial charge in [0.2, 0.25) is 5.91 Å². The van der Waals surface area contributed by atoms with E-state index in [9.17, 15) is 4.79 Å². The summed E-state index contributed by atoms with van der Waals surface area (Å²) in [5, 5.41) is 3.49. The van der Waals surface area contributed by atoms with E-state index < -0.39 is 0 Å². The lowest BCUT2D eigenvalue weighted by molar-refractivity contribution is -0.119. The average Bonchev–Trinajstić information content (AvgIpc) is 2.69. The van der Waals surface area contributed by atoms with E-state index in [-0.39, 0.29) is 29.9 Å². The summed E-state index contributed by atoms with van der Waals surface area (Å²) < 4.78 is 0. The lowest BCUT2D eigenvalue weighted by Gasteiger charge is -2.35. The first-order valence-electron chi connectivity index (χ1n) is 11.5. The standard InChI is InChI=1S/C24H39N5O.HI/c1-18-11-19(2)15-28(14-18)16-21-8-6-20(7-9-21)13-27-24(26-3)29-10-4-5-22(17-29)12-23(25)30;/h6-9,18-19,22H,4-5,10-17H2,1-3H3,(H2,25,30)(H,26,27);1H. The number of carbonyl (C=O) groups excluding carboxylic acids is 1. The third-order valence-corrected chi connectivity index (χ3v) is 6.34. The number of likely N-dealkylation sites (tertiary alicyclic amines) is 2. The molecule has 3 atom stereocenters. The highest BCUT2D eigenvalue weighted by Crippen LogP contribution is 2.23. The molecule has 3 N–H and O–H groups in total. The SMILES string of the molecule is CN=C(NCc1ccc(CN2CC(C)CC(C)C2)cc1)N1CCCC(CC(N)=O)C1.I. The van der Waals surface area contributed by atoms with Gasteiger partial charge >= 0.3 is 0 Å². The number of rotatable bonds is 6. The Bertz CT molecular complexity index is 713. The van der Waals surface area contributed by atoms with Gasteiger partial charge in [-0.2, -0.15) is 0 Å². The average molecular weight is 542 g/mol. The fourth-order valence-electron chi connectivity index (χ4n) is 5.16. The molecule has 7 heteroatoms. The van der Waals surface area contributed by atoms with Crippen molar-refractivity contribution in [2.45, 2.75) is 52.6 Å². The Morgan fingerprint density at radius 1 is 1.13 bits per heavy atom. The summed E-state index contributed by atoms with van der Waals surface area (Å²) in [5.74, 6) is 2.61. The molecule has 2 heterocycles. The highest BCUT2D eigenvalue weighted by molar-refractivity contribution is 14.0. The molecule has 31 heavy (non-hydrogen) atoms. The van der Waals surface area contributed by atoms with Crippen LogP contribution in [-0.2, 0) is 17.9 Å². The third kappa shape index (κ3) is 8.25. The van der Waals surface area contributed by atoms with Crippen LogP contribution in [0.5, 0.6) is 0 Å². The molecule has 3 rings (SSSR count). The van der Waals surface area contributed by atoms with Crippen molar-refractivity contribution in [2.75, 3.05) is 33.2 Å². The normalized spacial score (nSPS) is 25.1. The number of nitrogens with zero attached hydrogens (tertiary/aromatic N) is 3. The Morgan fingerprint density at radius 3 is 2.39 bits per heavy atom. The molecule has 6 nitrogen and oxygen atoms in total. The first-order chi connectivity index (χ1) is 14.4. The zero-order valence-corrected chi connectivity index (χ0v) is 21.7. The molecular weight excluding hydrogens is 501 g/mol. The van der Waals surface area contributed by atoms with Gasteiger partial charge in [0.05, 0.1) is 0 Å². The number of primary amides is 1. The van der Waals surface area contributed by atoms with Gasteiger partial charge in [-0.15, -0.1) is 24.0 Å². The van der Waals surface area contributed by atoms with Gasteiger partial charge in [0.25, 0.3) is 0 Å². The number of guanidine groups is 1. The molecule has 0 bridgehead atoms. The highest BCUT2D eigenvalue weighted by Gasteiger charge is 2.24. The monoisotopic (exact) mass is 541 g/mol. The molecule has 3 unspecified atom stereocenters. The van der Waals surface area contributed by atoms with E-state index in [0.29, 0.717) is 12.3 Å². The van der Waals surface area contributed by atoms with Crippen molar-refractivity contribution < 1.29 is 4.79 Å². The van der Waals surface area contributed by atoms with E-state index in [2.05, 4.69) is 58.2 Å². The van der Waals surface area contributed by atoms with Crippen LogP contribution in [0.15, 0.2) is 29.3 Å². The fraction of sp³-hybridized carbons (Fsp3) is 0.667. The number of amides is 1. The predicted octanol–water partition coefficient (Wildman–Crippen LogP) is 3.45. The van der Waals surface area contributed by atoms with Crippen LogP contribution in [0.2, 0.25) is 0 Å². The van der Waals surface area contributed by atoms with Gasteiger partial charge in [0.15, 0.2) is 5.96 Å². The molecular formula is C24H40IN5O. The Kier molecular flexibility index (Phi) is 10.6. The van der Waals surface area contributed by atoms with Crippen molar-refractivity contribution in [1.29, 1.82) is 0 Å². The fourth-order valence-corrected chi connectivity index (χ4v) is 5.16. The molecule has 2 saturated heterocycles. The van der Waals surface area contributed by atoms with Crippen LogP contribution in [0.1, 0.15) is 50.7 Å². The number of hydrogen-bond donors (Lipinski definition) is 2. The summed E-state index contributed by atoms with van der Waals surface area (Å²) in [6.45, 7) is 10.7. The van der Waals surface area contributed by atoms with Crippen LogP contribution in [-0.4, -0.2) is 54.9 Å². The largest absolute Gasteiger partial charge is 0.370 e. The second-order valence-corrected chi connectivity index (χ2v) is 9.48. The van der Waals surface area contributed by atoms with Crippen LogP contribution in [0, 0.1) is 17.8 Å². The molecule has 2 aliphatic rings. The van der Waals surface area contributed by atoms with Crippen LogP contribution in [0.3, 0.4) is 0 Å². The maximum atomic E-state index is 11.3. The molecule has 0 aromatic heterocycles. The maximum absolute atomic E-state index is 11.3. The van der Waals surface area contributed by atoms with E-state index in [1.165, 1.54) is 30.6 Å². The molecule has 0 aliphatic carbocycles. The number of benzene rings is 1. The van der Waals surface area contributed by atoms with Crippen molar-refractivity contribution in [3.05, 3.63) is 35.4 Å². The van der Waals surface area contributed by atoms with Crippen molar-refractivity contribution in [1.82, 2.24) is 15.1 Å². The van der Waals surface area contributed by atoms with E-state index in [1.807, 2.05) is 7.05 Å². The predicted molar refractivity (Wildman–Crippen MR) is 138 cm³/mol. The number of hydrogen-bond acceptors (Lipinski definition) is 3. The second-order valence-electron chi connectivity index (χ2n) is 9.48. The molecule has 0 saturated carbocycles. The van der Waals surface area contributed by atoms with Crippen LogP contribution < -0.4 is 11.1 Å². The molecule has 1 aromatic rings. The number of carbonyl (C=O) groups is 1. The summed E-state index contributed by atoms with van der Waals surface area (Å²) in [7, 11) is 1.82. The van der Waals surface area contributed by atoms with E-state index in [1.54, 1.807) is 0 Å². The number of nitrogens with two attached hydrogens (primary N) is 1. The highest BCUT2D eigenvalue weighted by atomic mass is 127. The summed E-state index contributed by atoms with van der Waals surface area (Å²) in [6.07, 6.45) is 3.94. The number of piperidine rings is 2. The van der Waals surface area contributed by atoms with E-state index >= 15 is 0 Å². The topological polar surface area (TPSA) is 74.0 Å². The second kappa shape index (κ2) is 12.6. The van der Waals surface area contributed by atoms with Gasteiger partial charge in [-0.05, 0) is 48.1 Å². The smallest absolute Gasteiger partial charge is 0.217 e. The molecule has 2 fully saturated rings. The lowest BCUT2D eigenvalue weighted by atomic mass is 9.91. The summed E-state index contributed by atoms with van der Waals surface area (Å²) in [5.41, 5.74) is 8.03. The third-order valence-electron chi connectivity index (χ3n) is 6.34. The van der Waals surface area contributed by atoms with Gasteiger partial charge in [-0.25, -0.2) is 0 Å². The Hall–Kier alpha value is -1.35. The first-order valence-corrected chi connectivity index (χ1v) is 11.5. The summed E-state index contributed by atoms with van der Waals surface area (Å²) >= 11 is 0. The molecule has 1 aromatic carbocycles. The minimum atomic E-state index is -0.210. The van der Waals surface area contributed by atoms with Gasteiger partial charge in [0.1, 0.15) is 0 Å². The molecule has 0 spiro atoms. The summed E-state index contributed by atoms with van der Waals surface area (Å²) in [6, 6.07) is 8.96. The minimum Gasteiger partial charge on any atom is -0.370 e. The van der Waals surface area contributed by atoms with E-state index in [4.69, 9.17) is 5.73 Å². The van der Waals surface area contributed by atoms with Crippen molar-refractivity contribution in [3.63, 3.8) is 0 Å². The van der Waals surface area contributed by atoms with Crippen molar-refractivity contribution >= 4 is 35.8 Å². The Balaban J connectivity index is 0.00000341. The van der Waals surface area contributed by atoms with Gasteiger partial charge < -0.3 is 16.0 Å². The maximum Gasteiger partial charge on any atom is 0.217 e. The minimum absolute atomic E-state index is 0. The zero-order valence-electron chi connectivity index (χ0n) is 19.3. The molecule has 174 valence electrons. The van der Waals surface area contributed by atoms with Crippen LogP contribution in [0.25, 0.3) is 0 Å². The summed E-state index contributed by atoms with van der Waals surface area (Å²) in [4.78, 5) is 20.6. The zero-order chi connectivity index (χ0) is 21.5. The first kappa shape index (κ1) is 25.9.